The van der Waals surface area contributed by atoms with E-state index in [1.807, 2.05) is 13.8 Å². The lowest BCUT2D eigenvalue weighted by molar-refractivity contribution is 0.136. The van der Waals surface area contributed by atoms with Crippen LogP contribution in [0.25, 0.3) is 0 Å². The van der Waals surface area contributed by atoms with Crippen LogP contribution in [0.2, 0.25) is 0 Å². The molecule has 1 rings (SSSR count). The van der Waals surface area contributed by atoms with Gasteiger partial charge in [0, 0.05) is 11.5 Å². The number of amidine groups is 1. The number of nitrogens with one attached hydrogen (secondary N) is 1. The molecule has 17 heavy (non-hydrogen) atoms. The van der Waals surface area contributed by atoms with E-state index in [1.165, 1.54) is 6.42 Å². The Balaban J connectivity index is 2.34. The molecular formula is C13H27N3O. The summed E-state index contributed by atoms with van der Waals surface area (Å²) < 4.78 is 0. The third kappa shape index (κ3) is 3.68. The fraction of sp³-hybridized carbons (Fsp3) is 0.923. The van der Waals surface area contributed by atoms with E-state index in [-0.39, 0.29) is 17.9 Å². The summed E-state index contributed by atoms with van der Waals surface area (Å²) in [5.74, 6) is 0.867. The molecule has 0 radical (unpaired) electrons. The fourth-order valence-corrected chi connectivity index (χ4v) is 2.52. The second-order valence-corrected chi connectivity index (χ2v) is 5.95. The van der Waals surface area contributed by atoms with Crippen LogP contribution in [0, 0.1) is 16.7 Å². The van der Waals surface area contributed by atoms with E-state index in [0.29, 0.717) is 12.0 Å². The molecular weight excluding hydrogens is 214 g/mol. The summed E-state index contributed by atoms with van der Waals surface area (Å²) in [5, 5.41) is 16.9. The van der Waals surface area contributed by atoms with Gasteiger partial charge in [-0.2, -0.15) is 0 Å². The van der Waals surface area contributed by atoms with E-state index in [9.17, 15) is 5.11 Å². The van der Waals surface area contributed by atoms with E-state index >= 15 is 0 Å². The molecule has 4 N–H and O–H groups in total. The smallest absolute Gasteiger partial charge is 0.0963 e. The van der Waals surface area contributed by atoms with Crippen LogP contribution >= 0.6 is 0 Å². The fourth-order valence-electron chi connectivity index (χ4n) is 2.52. The van der Waals surface area contributed by atoms with Crippen molar-refractivity contribution in [2.75, 3.05) is 19.7 Å². The second-order valence-electron chi connectivity index (χ2n) is 5.95. The standard InChI is InChI=1S/C13H27N3O/c1-10-5-8-16(11(10)9-17)7-4-6-13(2,3)12(14)15/h10-11,17H,4-9H2,1-3H3,(H3,14,15). The van der Waals surface area contributed by atoms with Crippen molar-refractivity contribution in [3.63, 3.8) is 0 Å². The topological polar surface area (TPSA) is 73.3 Å². The molecule has 4 nitrogen and oxygen atoms in total. The quantitative estimate of drug-likeness (QED) is 0.486. The molecule has 0 saturated carbocycles. The Morgan fingerprint density at radius 1 is 1.53 bits per heavy atom. The number of aliphatic hydroxyl groups excluding tert-OH is 1. The van der Waals surface area contributed by atoms with Crippen molar-refractivity contribution >= 4 is 5.84 Å². The highest BCUT2D eigenvalue weighted by atomic mass is 16.3. The van der Waals surface area contributed by atoms with Crippen LogP contribution in [0.4, 0.5) is 0 Å². The van der Waals surface area contributed by atoms with Crippen molar-refractivity contribution in [1.29, 1.82) is 5.41 Å². The van der Waals surface area contributed by atoms with Gasteiger partial charge in [-0.05, 0) is 38.3 Å². The minimum absolute atomic E-state index is 0.194. The maximum atomic E-state index is 9.36. The summed E-state index contributed by atoms with van der Waals surface area (Å²) in [7, 11) is 0. The first-order chi connectivity index (χ1) is 7.88. The molecule has 1 aliphatic heterocycles. The van der Waals surface area contributed by atoms with Crippen molar-refractivity contribution in [1.82, 2.24) is 4.90 Å². The van der Waals surface area contributed by atoms with Crippen LogP contribution in [-0.2, 0) is 0 Å². The Hall–Kier alpha value is -0.610. The van der Waals surface area contributed by atoms with Gasteiger partial charge in [0.25, 0.3) is 0 Å². The van der Waals surface area contributed by atoms with Crippen LogP contribution in [-0.4, -0.2) is 41.6 Å². The average molecular weight is 241 g/mol. The van der Waals surface area contributed by atoms with Gasteiger partial charge in [0.2, 0.25) is 0 Å². The summed E-state index contributed by atoms with van der Waals surface area (Å²) >= 11 is 0. The van der Waals surface area contributed by atoms with E-state index < -0.39 is 0 Å². The molecule has 1 saturated heterocycles. The number of hydrogen-bond donors (Lipinski definition) is 3. The number of likely N-dealkylation sites (tertiary alicyclic amines) is 1. The Bertz CT molecular complexity index is 265. The Morgan fingerprint density at radius 3 is 2.71 bits per heavy atom. The molecule has 0 bridgehead atoms. The summed E-state index contributed by atoms with van der Waals surface area (Å²) in [5.41, 5.74) is 5.38. The molecule has 0 aromatic heterocycles. The normalized spacial score (nSPS) is 26.4. The van der Waals surface area contributed by atoms with Crippen molar-refractivity contribution in [3.8, 4) is 0 Å². The van der Waals surface area contributed by atoms with Gasteiger partial charge in [0.15, 0.2) is 0 Å². The van der Waals surface area contributed by atoms with E-state index in [0.717, 1.165) is 25.9 Å². The summed E-state index contributed by atoms with van der Waals surface area (Å²) in [6.45, 7) is 8.60. The lowest BCUT2D eigenvalue weighted by atomic mass is 9.86. The van der Waals surface area contributed by atoms with Gasteiger partial charge in [0.05, 0.1) is 12.4 Å². The molecule has 1 heterocycles. The first kappa shape index (κ1) is 14.5. The molecule has 2 atom stereocenters. The van der Waals surface area contributed by atoms with Gasteiger partial charge in [-0.1, -0.05) is 20.8 Å². The number of rotatable bonds is 6. The molecule has 1 fully saturated rings. The van der Waals surface area contributed by atoms with Crippen LogP contribution < -0.4 is 5.73 Å². The maximum Gasteiger partial charge on any atom is 0.0963 e. The minimum Gasteiger partial charge on any atom is -0.395 e. The average Bonchev–Trinajstić information content (AvgIpc) is 2.59. The van der Waals surface area contributed by atoms with Crippen molar-refractivity contribution in [3.05, 3.63) is 0 Å². The zero-order chi connectivity index (χ0) is 13.1. The van der Waals surface area contributed by atoms with Gasteiger partial charge in [-0.25, -0.2) is 0 Å². The highest BCUT2D eigenvalue weighted by Crippen LogP contribution is 2.26. The maximum absolute atomic E-state index is 9.36. The largest absolute Gasteiger partial charge is 0.395 e. The predicted octanol–water partition coefficient (Wildman–Crippen LogP) is 1.43. The molecule has 100 valence electrons. The highest BCUT2D eigenvalue weighted by Gasteiger charge is 2.30. The number of nitrogens with two attached hydrogens (primary N) is 1. The molecule has 1 aliphatic rings. The van der Waals surface area contributed by atoms with Gasteiger partial charge < -0.3 is 10.8 Å². The lowest BCUT2D eigenvalue weighted by Crippen LogP contribution is -2.37. The minimum atomic E-state index is -0.194. The van der Waals surface area contributed by atoms with Crippen LogP contribution in [0.1, 0.15) is 40.0 Å². The molecule has 0 aromatic rings. The predicted molar refractivity (Wildman–Crippen MR) is 71.2 cm³/mol. The monoisotopic (exact) mass is 241 g/mol. The molecule has 2 unspecified atom stereocenters. The van der Waals surface area contributed by atoms with Gasteiger partial charge in [-0.15, -0.1) is 0 Å². The van der Waals surface area contributed by atoms with E-state index in [4.69, 9.17) is 11.1 Å². The highest BCUT2D eigenvalue weighted by molar-refractivity contribution is 5.82. The number of hydrogen-bond acceptors (Lipinski definition) is 3. The van der Waals surface area contributed by atoms with E-state index in [1.54, 1.807) is 0 Å². The lowest BCUT2D eigenvalue weighted by Gasteiger charge is -2.27. The molecule has 0 aromatic carbocycles. The molecule has 0 amide bonds. The SMILES string of the molecule is CC1CCN(CCCC(C)(C)C(=N)N)C1CO. The third-order valence-corrected chi connectivity index (χ3v) is 4.16. The molecule has 4 heteroatoms. The molecule has 0 aliphatic carbocycles. The Morgan fingerprint density at radius 2 is 2.18 bits per heavy atom. The van der Waals surface area contributed by atoms with Crippen molar-refractivity contribution in [2.45, 2.75) is 46.1 Å². The Kier molecular flexibility index (Phi) is 4.95. The van der Waals surface area contributed by atoms with Crippen LogP contribution in [0.15, 0.2) is 0 Å². The van der Waals surface area contributed by atoms with Crippen LogP contribution in [0.5, 0.6) is 0 Å². The molecule has 0 spiro atoms. The third-order valence-electron chi connectivity index (χ3n) is 4.16. The van der Waals surface area contributed by atoms with Crippen molar-refractivity contribution in [2.24, 2.45) is 17.1 Å². The van der Waals surface area contributed by atoms with Crippen molar-refractivity contribution < 1.29 is 5.11 Å². The summed E-state index contributed by atoms with van der Waals surface area (Å²) in [4.78, 5) is 2.38. The Labute approximate surface area is 105 Å². The van der Waals surface area contributed by atoms with Crippen LogP contribution in [0.3, 0.4) is 0 Å². The zero-order valence-corrected chi connectivity index (χ0v) is 11.4. The summed E-state index contributed by atoms with van der Waals surface area (Å²) in [6.07, 6.45) is 3.16. The van der Waals surface area contributed by atoms with Gasteiger partial charge in [0.1, 0.15) is 0 Å². The second kappa shape index (κ2) is 5.83. The first-order valence-corrected chi connectivity index (χ1v) is 6.58. The van der Waals surface area contributed by atoms with E-state index in [2.05, 4.69) is 11.8 Å². The number of nitrogens with zero attached hydrogens (tertiary/aromatic N) is 1. The number of aliphatic hydroxyl groups is 1. The zero-order valence-electron chi connectivity index (χ0n) is 11.4. The first-order valence-electron chi connectivity index (χ1n) is 6.58. The van der Waals surface area contributed by atoms with Gasteiger partial charge in [-0.3, -0.25) is 10.3 Å². The van der Waals surface area contributed by atoms with Gasteiger partial charge >= 0.3 is 0 Å². The summed E-state index contributed by atoms with van der Waals surface area (Å²) in [6, 6.07) is 0.329.